The highest BCUT2D eigenvalue weighted by Crippen LogP contribution is 2.21. The molecule has 0 fully saturated rings. The lowest BCUT2D eigenvalue weighted by molar-refractivity contribution is -0.138. The maximum atomic E-state index is 13.2. The minimum atomic E-state index is -0.610. The molecule has 4 nitrogen and oxygen atoms in total. The van der Waals surface area contributed by atoms with E-state index in [0.29, 0.717) is 12.1 Å². The average Bonchev–Trinajstić information content (AvgIpc) is 2.76. The third-order valence-corrected chi connectivity index (χ3v) is 4.65. The van der Waals surface area contributed by atoms with E-state index in [1.807, 2.05) is 54.6 Å². The van der Waals surface area contributed by atoms with Crippen molar-refractivity contribution in [1.29, 1.82) is 0 Å². The molecular formula is C25H25NO3. The Morgan fingerprint density at radius 1 is 0.931 bits per heavy atom. The van der Waals surface area contributed by atoms with Gasteiger partial charge in [-0.25, -0.2) is 4.79 Å². The first-order valence-electron chi connectivity index (χ1n) is 9.87. The zero-order valence-corrected chi connectivity index (χ0v) is 16.6. The van der Waals surface area contributed by atoms with E-state index >= 15 is 0 Å². The molecule has 0 saturated carbocycles. The third kappa shape index (κ3) is 5.32. The van der Waals surface area contributed by atoms with Gasteiger partial charge in [0.05, 0.1) is 6.61 Å². The summed E-state index contributed by atoms with van der Waals surface area (Å²) in [6.45, 7) is 2.60. The predicted molar refractivity (Wildman–Crippen MR) is 116 cm³/mol. The van der Waals surface area contributed by atoms with Crippen molar-refractivity contribution in [3.8, 4) is 0 Å². The molecular weight excluding hydrogens is 362 g/mol. The molecule has 1 N–H and O–H groups in total. The van der Waals surface area contributed by atoms with Crippen molar-refractivity contribution in [2.24, 2.45) is 0 Å². The number of ether oxygens (including phenoxy) is 1. The first kappa shape index (κ1) is 20.3. The fourth-order valence-corrected chi connectivity index (χ4v) is 3.21. The highest BCUT2D eigenvalue weighted by molar-refractivity contribution is 6.27. The maximum Gasteiger partial charge on any atom is 0.343 e. The first-order chi connectivity index (χ1) is 14.2. The lowest BCUT2D eigenvalue weighted by Crippen LogP contribution is -2.20. The van der Waals surface area contributed by atoms with E-state index in [4.69, 9.17) is 4.74 Å². The molecule has 0 bridgehead atoms. The summed E-state index contributed by atoms with van der Waals surface area (Å²) in [4.78, 5) is 25.6. The molecule has 0 saturated heterocycles. The predicted octanol–water partition coefficient (Wildman–Crippen LogP) is 4.69. The molecule has 4 heteroatoms. The van der Waals surface area contributed by atoms with E-state index in [1.54, 1.807) is 13.0 Å². The van der Waals surface area contributed by atoms with Crippen molar-refractivity contribution in [3.63, 3.8) is 0 Å². The van der Waals surface area contributed by atoms with Gasteiger partial charge in [0, 0.05) is 18.3 Å². The van der Waals surface area contributed by atoms with Gasteiger partial charge in [-0.05, 0) is 36.1 Å². The molecule has 0 aromatic heterocycles. The summed E-state index contributed by atoms with van der Waals surface area (Å²) in [5.41, 5.74) is 1.77. The van der Waals surface area contributed by atoms with E-state index < -0.39 is 5.97 Å². The quantitative estimate of drug-likeness (QED) is 0.144. The van der Waals surface area contributed by atoms with Crippen molar-refractivity contribution in [2.45, 2.75) is 19.8 Å². The van der Waals surface area contributed by atoms with Crippen LogP contribution < -0.4 is 5.32 Å². The maximum absolute atomic E-state index is 13.2. The topological polar surface area (TPSA) is 55.4 Å². The van der Waals surface area contributed by atoms with Gasteiger partial charge in [0.25, 0.3) is 0 Å². The van der Waals surface area contributed by atoms with E-state index in [2.05, 4.69) is 17.4 Å². The van der Waals surface area contributed by atoms with Crippen molar-refractivity contribution in [2.75, 3.05) is 13.2 Å². The molecule has 29 heavy (non-hydrogen) atoms. The zero-order valence-electron chi connectivity index (χ0n) is 16.6. The summed E-state index contributed by atoms with van der Waals surface area (Å²) in [5.74, 6) is -0.947. The number of aryl methyl sites for hydroxylation is 1. The van der Waals surface area contributed by atoms with Crippen LogP contribution in [0.3, 0.4) is 0 Å². The second kappa shape index (κ2) is 10.2. The zero-order chi connectivity index (χ0) is 20.5. The molecule has 0 aliphatic rings. The summed E-state index contributed by atoms with van der Waals surface area (Å²) >= 11 is 0. The Balaban J connectivity index is 1.74. The second-order valence-electron chi connectivity index (χ2n) is 6.68. The van der Waals surface area contributed by atoms with Crippen molar-refractivity contribution in [3.05, 3.63) is 95.7 Å². The molecule has 0 unspecified atom stereocenters. The van der Waals surface area contributed by atoms with Gasteiger partial charge in [0.1, 0.15) is 5.57 Å². The number of carbonyl (C=O) groups excluding carboxylic acids is 2. The molecule has 148 valence electrons. The van der Waals surface area contributed by atoms with Crippen molar-refractivity contribution >= 4 is 22.5 Å². The van der Waals surface area contributed by atoms with E-state index in [0.717, 1.165) is 23.6 Å². The number of hydrogen-bond donors (Lipinski definition) is 1. The van der Waals surface area contributed by atoms with Crippen LogP contribution in [0.5, 0.6) is 0 Å². The van der Waals surface area contributed by atoms with E-state index in [-0.39, 0.29) is 18.0 Å². The number of fused-ring (bicyclic) bond motifs is 1. The number of hydrogen-bond acceptors (Lipinski definition) is 4. The fourth-order valence-electron chi connectivity index (χ4n) is 3.21. The summed E-state index contributed by atoms with van der Waals surface area (Å²) in [6.07, 6.45) is 3.31. The second-order valence-corrected chi connectivity index (χ2v) is 6.68. The Hall–Kier alpha value is -3.40. The van der Waals surface area contributed by atoms with Crippen LogP contribution in [0.4, 0.5) is 0 Å². The number of rotatable bonds is 9. The molecule has 0 heterocycles. The molecule has 0 aliphatic carbocycles. The van der Waals surface area contributed by atoms with E-state index in [9.17, 15) is 9.59 Å². The van der Waals surface area contributed by atoms with Crippen LogP contribution in [0, 0.1) is 0 Å². The fraction of sp³-hybridized carbons (Fsp3) is 0.200. The molecule has 0 aliphatic heterocycles. The van der Waals surface area contributed by atoms with Gasteiger partial charge in [0.15, 0.2) is 0 Å². The largest absolute Gasteiger partial charge is 0.462 e. The highest BCUT2D eigenvalue weighted by atomic mass is 16.5. The molecule has 3 rings (SSSR count). The monoisotopic (exact) mass is 387 g/mol. The molecule has 0 radical (unpaired) electrons. The van der Waals surface area contributed by atoms with Crippen LogP contribution in [0.25, 0.3) is 10.8 Å². The molecule has 0 spiro atoms. The Bertz CT molecular complexity index is 1000. The first-order valence-corrected chi connectivity index (χ1v) is 9.87. The molecule has 3 aromatic carbocycles. The standard InChI is InChI=1S/C25H25NO3/c1-2-29-25(28)23(18-26-17-9-12-19-10-4-3-5-11-19)24(27)22-16-8-14-20-13-6-7-15-21(20)22/h3-8,10-11,13-16,18,26H,2,9,12,17H2,1H3. The summed E-state index contributed by atoms with van der Waals surface area (Å²) < 4.78 is 5.12. The molecule has 0 amide bonds. The average molecular weight is 387 g/mol. The van der Waals surface area contributed by atoms with Gasteiger partial charge >= 0.3 is 5.97 Å². The Labute approximate surface area is 171 Å². The van der Waals surface area contributed by atoms with Crippen molar-refractivity contribution in [1.82, 2.24) is 5.32 Å². The normalized spacial score (nSPS) is 11.3. The van der Waals surface area contributed by atoms with Gasteiger partial charge in [-0.1, -0.05) is 72.8 Å². The number of nitrogens with one attached hydrogen (secondary N) is 1. The molecule has 3 aromatic rings. The summed E-state index contributed by atoms with van der Waals surface area (Å²) in [6, 6.07) is 23.4. The van der Waals surface area contributed by atoms with E-state index in [1.165, 1.54) is 11.8 Å². The lowest BCUT2D eigenvalue weighted by Gasteiger charge is -2.10. The number of ketones is 1. The van der Waals surface area contributed by atoms with Gasteiger partial charge < -0.3 is 10.1 Å². The van der Waals surface area contributed by atoms with Gasteiger partial charge in [-0.2, -0.15) is 0 Å². The minimum absolute atomic E-state index is 0.0166. The third-order valence-electron chi connectivity index (χ3n) is 4.65. The number of benzene rings is 3. The Morgan fingerprint density at radius 2 is 1.66 bits per heavy atom. The van der Waals surface area contributed by atoms with Crippen molar-refractivity contribution < 1.29 is 14.3 Å². The van der Waals surface area contributed by atoms with Crippen LogP contribution in [0.15, 0.2) is 84.6 Å². The Kier molecular flexibility index (Phi) is 7.17. The van der Waals surface area contributed by atoms with Crippen LogP contribution >= 0.6 is 0 Å². The van der Waals surface area contributed by atoms with Gasteiger partial charge in [0.2, 0.25) is 5.78 Å². The highest BCUT2D eigenvalue weighted by Gasteiger charge is 2.22. The summed E-state index contributed by atoms with van der Waals surface area (Å²) in [5, 5.41) is 4.88. The van der Waals surface area contributed by atoms with Crippen LogP contribution in [0.1, 0.15) is 29.3 Å². The number of esters is 1. The number of carbonyl (C=O) groups is 2. The molecule has 0 atom stereocenters. The van der Waals surface area contributed by atoms with Gasteiger partial charge in [-0.3, -0.25) is 4.79 Å². The SMILES string of the molecule is CCOC(=O)C(=CNCCCc1ccccc1)C(=O)c1cccc2ccccc12. The van der Waals surface area contributed by atoms with Gasteiger partial charge in [-0.15, -0.1) is 0 Å². The summed E-state index contributed by atoms with van der Waals surface area (Å²) in [7, 11) is 0. The van der Waals surface area contributed by atoms with Crippen LogP contribution in [-0.2, 0) is 16.0 Å². The Morgan fingerprint density at radius 3 is 2.45 bits per heavy atom. The smallest absolute Gasteiger partial charge is 0.343 e. The number of Topliss-reactive ketones (excluding diaryl/α,β-unsaturated/α-hetero) is 1. The lowest BCUT2D eigenvalue weighted by atomic mass is 9.97. The van der Waals surface area contributed by atoms with Crippen LogP contribution in [-0.4, -0.2) is 24.9 Å². The van der Waals surface area contributed by atoms with Crippen LogP contribution in [0.2, 0.25) is 0 Å². The minimum Gasteiger partial charge on any atom is -0.462 e.